The smallest absolute Gasteiger partial charge is 0.303 e. The standard InChI is InChI=1S/C10H19NO2/c1-8-2-4-10(7-11,5-3-8)6-9(12)13/h8H,2-7,11H2,1H3,(H,12,13)/t8-,10+. The summed E-state index contributed by atoms with van der Waals surface area (Å²) in [6.07, 6.45) is 4.47. The fraction of sp³-hybridized carbons (Fsp3) is 0.900. The Balaban J connectivity index is 2.55. The molecule has 0 aliphatic heterocycles. The first kappa shape index (κ1) is 10.5. The molecule has 13 heavy (non-hydrogen) atoms. The Kier molecular flexibility index (Phi) is 3.31. The van der Waals surface area contributed by atoms with E-state index in [2.05, 4.69) is 6.92 Å². The summed E-state index contributed by atoms with van der Waals surface area (Å²) in [5.74, 6) is 0.0356. The highest BCUT2D eigenvalue weighted by Crippen LogP contribution is 2.40. The highest BCUT2D eigenvalue weighted by molar-refractivity contribution is 5.67. The van der Waals surface area contributed by atoms with Gasteiger partial charge in [0, 0.05) is 0 Å². The lowest BCUT2D eigenvalue weighted by atomic mass is 9.69. The molecule has 76 valence electrons. The lowest BCUT2D eigenvalue weighted by Crippen LogP contribution is -2.36. The first-order valence-corrected chi connectivity index (χ1v) is 5.00. The van der Waals surface area contributed by atoms with Crippen molar-refractivity contribution < 1.29 is 9.90 Å². The van der Waals surface area contributed by atoms with Crippen molar-refractivity contribution in [3.63, 3.8) is 0 Å². The molecule has 1 rings (SSSR count). The number of carboxylic acids is 1. The van der Waals surface area contributed by atoms with Crippen molar-refractivity contribution in [2.24, 2.45) is 17.1 Å². The van der Waals surface area contributed by atoms with Gasteiger partial charge in [0.25, 0.3) is 0 Å². The van der Waals surface area contributed by atoms with Crippen LogP contribution in [0.5, 0.6) is 0 Å². The van der Waals surface area contributed by atoms with E-state index in [4.69, 9.17) is 10.8 Å². The minimum absolute atomic E-state index is 0.0989. The van der Waals surface area contributed by atoms with Gasteiger partial charge in [0.2, 0.25) is 0 Å². The van der Waals surface area contributed by atoms with E-state index in [9.17, 15) is 4.79 Å². The van der Waals surface area contributed by atoms with Gasteiger partial charge in [0.05, 0.1) is 6.42 Å². The lowest BCUT2D eigenvalue weighted by Gasteiger charge is -2.37. The second-order valence-corrected chi connectivity index (χ2v) is 4.46. The largest absolute Gasteiger partial charge is 0.481 e. The van der Waals surface area contributed by atoms with Crippen molar-refractivity contribution in [3.05, 3.63) is 0 Å². The number of aliphatic carboxylic acids is 1. The summed E-state index contributed by atoms with van der Waals surface area (Å²) in [5, 5.41) is 8.77. The van der Waals surface area contributed by atoms with Crippen LogP contribution in [0, 0.1) is 11.3 Å². The Bertz CT molecular complexity index is 183. The number of carbonyl (C=O) groups is 1. The molecule has 0 saturated heterocycles. The molecule has 0 aromatic carbocycles. The average Bonchev–Trinajstić information content (AvgIpc) is 2.09. The molecule has 0 spiro atoms. The van der Waals surface area contributed by atoms with E-state index in [1.165, 1.54) is 0 Å². The maximum Gasteiger partial charge on any atom is 0.303 e. The quantitative estimate of drug-likeness (QED) is 0.702. The van der Waals surface area contributed by atoms with Gasteiger partial charge < -0.3 is 10.8 Å². The van der Waals surface area contributed by atoms with E-state index in [1.54, 1.807) is 0 Å². The molecule has 0 unspecified atom stereocenters. The molecule has 1 aliphatic carbocycles. The second kappa shape index (κ2) is 4.09. The Morgan fingerprint density at radius 2 is 2.08 bits per heavy atom. The minimum atomic E-state index is -0.708. The lowest BCUT2D eigenvalue weighted by molar-refractivity contribution is -0.140. The molecule has 0 radical (unpaired) electrons. The summed E-state index contributed by atoms with van der Waals surface area (Å²) in [7, 11) is 0. The second-order valence-electron chi connectivity index (χ2n) is 4.46. The molecule has 0 atom stereocenters. The van der Waals surface area contributed by atoms with Crippen molar-refractivity contribution in [2.45, 2.75) is 39.0 Å². The summed E-state index contributed by atoms with van der Waals surface area (Å²) in [4.78, 5) is 10.7. The molecule has 0 aromatic heterocycles. The zero-order valence-electron chi connectivity index (χ0n) is 8.25. The number of hydrogen-bond acceptors (Lipinski definition) is 2. The van der Waals surface area contributed by atoms with Crippen LogP contribution in [0.3, 0.4) is 0 Å². The summed E-state index contributed by atoms with van der Waals surface area (Å²) >= 11 is 0. The van der Waals surface area contributed by atoms with Crippen LogP contribution in [0.15, 0.2) is 0 Å². The zero-order valence-corrected chi connectivity index (χ0v) is 8.25. The molecular weight excluding hydrogens is 166 g/mol. The molecule has 3 N–H and O–H groups in total. The maximum atomic E-state index is 10.7. The van der Waals surface area contributed by atoms with Crippen LogP contribution in [0.1, 0.15) is 39.0 Å². The van der Waals surface area contributed by atoms with Gasteiger partial charge in [-0.1, -0.05) is 19.8 Å². The SMILES string of the molecule is C[C@H]1CC[C@](CN)(CC(=O)O)CC1. The van der Waals surface area contributed by atoms with Crippen molar-refractivity contribution >= 4 is 5.97 Å². The summed E-state index contributed by atoms with van der Waals surface area (Å²) in [6.45, 7) is 2.74. The third kappa shape index (κ3) is 2.69. The molecule has 0 heterocycles. The van der Waals surface area contributed by atoms with E-state index in [-0.39, 0.29) is 11.8 Å². The predicted octanol–water partition coefficient (Wildman–Crippen LogP) is 1.62. The fourth-order valence-electron chi connectivity index (χ4n) is 2.15. The Labute approximate surface area is 79.3 Å². The van der Waals surface area contributed by atoms with E-state index < -0.39 is 5.97 Å². The fourth-order valence-corrected chi connectivity index (χ4v) is 2.15. The zero-order chi connectivity index (χ0) is 9.90. The summed E-state index contributed by atoms with van der Waals surface area (Å²) < 4.78 is 0. The van der Waals surface area contributed by atoms with E-state index in [1.807, 2.05) is 0 Å². The highest BCUT2D eigenvalue weighted by Gasteiger charge is 2.34. The van der Waals surface area contributed by atoms with Gasteiger partial charge in [-0.3, -0.25) is 4.79 Å². The Hall–Kier alpha value is -0.570. The minimum Gasteiger partial charge on any atom is -0.481 e. The monoisotopic (exact) mass is 185 g/mol. The average molecular weight is 185 g/mol. The Morgan fingerprint density at radius 1 is 1.54 bits per heavy atom. The first-order valence-electron chi connectivity index (χ1n) is 5.00. The predicted molar refractivity (Wildman–Crippen MR) is 51.4 cm³/mol. The van der Waals surface area contributed by atoms with Crippen molar-refractivity contribution in [1.29, 1.82) is 0 Å². The maximum absolute atomic E-state index is 10.7. The van der Waals surface area contributed by atoms with Gasteiger partial charge in [-0.15, -0.1) is 0 Å². The molecule has 3 nitrogen and oxygen atoms in total. The Morgan fingerprint density at radius 3 is 2.46 bits per heavy atom. The molecule has 1 fully saturated rings. The number of hydrogen-bond donors (Lipinski definition) is 2. The van der Waals surface area contributed by atoms with Crippen LogP contribution in [0.25, 0.3) is 0 Å². The molecule has 0 amide bonds. The van der Waals surface area contributed by atoms with Crippen molar-refractivity contribution in [1.82, 2.24) is 0 Å². The number of nitrogens with two attached hydrogens (primary N) is 1. The van der Waals surface area contributed by atoms with Crippen molar-refractivity contribution in [2.75, 3.05) is 6.54 Å². The number of carboxylic acid groups (broad SMARTS) is 1. The van der Waals surface area contributed by atoms with Crippen LogP contribution in [0.4, 0.5) is 0 Å². The molecule has 1 saturated carbocycles. The van der Waals surface area contributed by atoms with Crippen LogP contribution in [-0.4, -0.2) is 17.6 Å². The topological polar surface area (TPSA) is 63.3 Å². The summed E-state index contributed by atoms with van der Waals surface area (Å²) in [5.41, 5.74) is 5.57. The molecule has 0 aromatic rings. The molecule has 3 heteroatoms. The van der Waals surface area contributed by atoms with E-state index in [0.717, 1.165) is 31.6 Å². The van der Waals surface area contributed by atoms with Gasteiger partial charge in [-0.05, 0) is 30.7 Å². The normalized spacial score (nSPS) is 34.5. The third-order valence-corrected chi connectivity index (χ3v) is 3.29. The van der Waals surface area contributed by atoms with Crippen LogP contribution in [0.2, 0.25) is 0 Å². The van der Waals surface area contributed by atoms with Gasteiger partial charge in [-0.2, -0.15) is 0 Å². The molecule has 0 bridgehead atoms. The number of rotatable bonds is 3. The van der Waals surface area contributed by atoms with Gasteiger partial charge in [0.1, 0.15) is 0 Å². The van der Waals surface area contributed by atoms with Crippen molar-refractivity contribution in [3.8, 4) is 0 Å². The van der Waals surface area contributed by atoms with Gasteiger partial charge in [-0.25, -0.2) is 0 Å². The van der Waals surface area contributed by atoms with Gasteiger partial charge >= 0.3 is 5.97 Å². The molecular formula is C10H19NO2. The van der Waals surface area contributed by atoms with Crippen LogP contribution < -0.4 is 5.73 Å². The van der Waals surface area contributed by atoms with Gasteiger partial charge in [0.15, 0.2) is 0 Å². The first-order chi connectivity index (χ1) is 6.08. The van der Waals surface area contributed by atoms with E-state index in [0.29, 0.717) is 6.54 Å². The third-order valence-electron chi connectivity index (χ3n) is 3.29. The van der Waals surface area contributed by atoms with Crippen LogP contribution in [-0.2, 0) is 4.79 Å². The van der Waals surface area contributed by atoms with Crippen LogP contribution >= 0.6 is 0 Å². The van der Waals surface area contributed by atoms with E-state index >= 15 is 0 Å². The molecule has 1 aliphatic rings. The summed E-state index contributed by atoms with van der Waals surface area (Å²) in [6, 6.07) is 0. The highest BCUT2D eigenvalue weighted by atomic mass is 16.4.